The summed E-state index contributed by atoms with van der Waals surface area (Å²) < 4.78 is 0. The molecule has 1 aliphatic heterocycles. The molecule has 104 valence electrons. The van der Waals surface area contributed by atoms with Crippen LogP contribution in [0.15, 0.2) is 60.7 Å². The number of benzene rings is 2. The van der Waals surface area contributed by atoms with Crippen LogP contribution in [0.1, 0.15) is 17.0 Å². The Bertz CT molecular complexity index is 524. The van der Waals surface area contributed by atoms with E-state index in [1.807, 2.05) is 0 Å². The highest BCUT2D eigenvalue weighted by Gasteiger charge is 2.32. The zero-order valence-corrected chi connectivity index (χ0v) is 11.8. The van der Waals surface area contributed by atoms with Crippen LogP contribution < -0.4 is 5.73 Å². The third-order valence-electron chi connectivity index (χ3n) is 4.30. The Morgan fingerprint density at radius 2 is 1.55 bits per heavy atom. The Kier molecular flexibility index (Phi) is 4.14. The molecule has 1 fully saturated rings. The average Bonchev–Trinajstić information content (AvgIpc) is 2.92. The highest BCUT2D eigenvalue weighted by molar-refractivity contribution is 5.23. The van der Waals surface area contributed by atoms with E-state index in [1.54, 1.807) is 0 Å². The number of nitrogens with zero attached hydrogens (tertiary/aromatic N) is 1. The molecule has 2 atom stereocenters. The van der Waals surface area contributed by atoms with Gasteiger partial charge >= 0.3 is 0 Å². The SMILES string of the molecule is NC[C@@H]1CN(Cc2ccccc2)C[C@H]1c1ccccc1. The first-order valence-electron chi connectivity index (χ1n) is 7.38. The van der Waals surface area contributed by atoms with Crippen molar-refractivity contribution in [2.45, 2.75) is 12.5 Å². The van der Waals surface area contributed by atoms with Crippen LogP contribution in [0.2, 0.25) is 0 Å². The van der Waals surface area contributed by atoms with Gasteiger partial charge in [0, 0.05) is 25.6 Å². The number of nitrogens with two attached hydrogens (primary N) is 1. The van der Waals surface area contributed by atoms with Gasteiger partial charge in [0.15, 0.2) is 0 Å². The van der Waals surface area contributed by atoms with Crippen LogP contribution in [0.3, 0.4) is 0 Å². The maximum atomic E-state index is 5.99. The molecule has 0 radical (unpaired) electrons. The Hall–Kier alpha value is -1.64. The van der Waals surface area contributed by atoms with E-state index in [4.69, 9.17) is 5.73 Å². The quantitative estimate of drug-likeness (QED) is 0.922. The second kappa shape index (κ2) is 6.21. The summed E-state index contributed by atoms with van der Waals surface area (Å²) in [7, 11) is 0. The summed E-state index contributed by atoms with van der Waals surface area (Å²) >= 11 is 0. The normalized spacial score (nSPS) is 23.1. The molecule has 20 heavy (non-hydrogen) atoms. The molecule has 2 aromatic carbocycles. The highest BCUT2D eigenvalue weighted by Crippen LogP contribution is 2.32. The van der Waals surface area contributed by atoms with Gasteiger partial charge in [-0.05, 0) is 23.6 Å². The molecule has 1 aliphatic rings. The summed E-state index contributed by atoms with van der Waals surface area (Å²) in [5.41, 5.74) is 8.81. The highest BCUT2D eigenvalue weighted by atomic mass is 15.2. The van der Waals surface area contributed by atoms with E-state index in [1.165, 1.54) is 11.1 Å². The number of rotatable bonds is 4. The van der Waals surface area contributed by atoms with Crippen molar-refractivity contribution >= 4 is 0 Å². The van der Waals surface area contributed by atoms with Crippen molar-refractivity contribution in [1.29, 1.82) is 0 Å². The summed E-state index contributed by atoms with van der Waals surface area (Å²) in [6, 6.07) is 21.5. The first-order valence-corrected chi connectivity index (χ1v) is 7.38. The Morgan fingerprint density at radius 1 is 0.900 bits per heavy atom. The van der Waals surface area contributed by atoms with Crippen molar-refractivity contribution in [3.8, 4) is 0 Å². The molecule has 1 heterocycles. The standard InChI is InChI=1S/C18H22N2/c19-11-17-13-20(12-15-7-3-1-4-8-15)14-18(17)16-9-5-2-6-10-16/h1-10,17-18H,11-14,19H2/t17-,18+/m1/s1. The van der Waals surface area contributed by atoms with Crippen molar-refractivity contribution in [2.75, 3.05) is 19.6 Å². The lowest BCUT2D eigenvalue weighted by molar-refractivity contribution is 0.317. The summed E-state index contributed by atoms with van der Waals surface area (Å²) in [5, 5.41) is 0. The van der Waals surface area contributed by atoms with Crippen LogP contribution in [-0.4, -0.2) is 24.5 Å². The lowest BCUT2D eigenvalue weighted by Gasteiger charge is -2.16. The summed E-state index contributed by atoms with van der Waals surface area (Å²) in [5.74, 6) is 1.14. The van der Waals surface area contributed by atoms with Crippen LogP contribution in [0.25, 0.3) is 0 Å². The van der Waals surface area contributed by atoms with E-state index in [-0.39, 0.29) is 0 Å². The van der Waals surface area contributed by atoms with Crippen molar-refractivity contribution in [1.82, 2.24) is 4.90 Å². The van der Waals surface area contributed by atoms with Gasteiger partial charge in [0.1, 0.15) is 0 Å². The van der Waals surface area contributed by atoms with Gasteiger partial charge in [0.05, 0.1) is 0 Å². The summed E-state index contributed by atoms with van der Waals surface area (Å²) in [6.07, 6.45) is 0. The van der Waals surface area contributed by atoms with Crippen LogP contribution in [0.4, 0.5) is 0 Å². The van der Waals surface area contributed by atoms with Gasteiger partial charge in [-0.3, -0.25) is 4.90 Å². The third kappa shape index (κ3) is 2.92. The van der Waals surface area contributed by atoms with E-state index >= 15 is 0 Å². The van der Waals surface area contributed by atoms with Gasteiger partial charge < -0.3 is 5.73 Å². The molecule has 2 aromatic rings. The molecule has 1 saturated heterocycles. The molecule has 0 aliphatic carbocycles. The van der Waals surface area contributed by atoms with Gasteiger partial charge in [-0.15, -0.1) is 0 Å². The molecular weight excluding hydrogens is 244 g/mol. The topological polar surface area (TPSA) is 29.3 Å². The van der Waals surface area contributed by atoms with Crippen LogP contribution in [0.5, 0.6) is 0 Å². The molecule has 3 rings (SSSR count). The smallest absolute Gasteiger partial charge is 0.0234 e. The molecule has 2 N–H and O–H groups in total. The van der Waals surface area contributed by atoms with Crippen molar-refractivity contribution in [3.63, 3.8) is 0 Å². The minimum atomic E-state index is 0.570. The minimum absolute atomic E-state index is 0.570. The largest absolute Gasteiger partial charge is 0.330 e. The van der Waals surface area contributed by atoms with E-state index in [2.05, 4.69) is 65.6 Å². The monoisotopic (exact) mass is 266 g/mol. The number of likely N-dealkylation sites (tertiary alicyclic amines) is 1. The lowest BCUT2D eigenvalue weighted by atomic mass is 9.89. The van der Waals surface area contributed by atoms with Crippen molar-refractivity contribution in [2.24, 2.45) is 11.7 Å². The zero-order chi connectivity index (χ0) is 13.8. The van der Waals surface area contributed by atoms with Gasteiger partial charge in [-0.25, -0.2) is 0 Å². The summed E-state index contributed by atoms with van der Waals surface area (Å²) in [6.45, 7) is 4.01. The first-order chi connectivity index (χ1) is 9.86. The Morgan fingerprint density at radius 3 is 2.20 bits per heavy atom. The average molecular weight is 266 g/mol. The van der Waals surface area contributed by atoms with Crippen LogP contribution in [0, 0.1) is 5.92 Å². The van der Waals surface area contributed by atoms with Gasteiger partial charge in [-0.1, -0.05) is 60.7 Å². The van der Waals surface area contributed by atoms with Crippen LogP contribution >= 0.6 is 0 Å². The zero-order valence-electron chi connectivity index (χ0n) is 11.8. The Balaban J connectivity index is 1.71. The molecule has 0 aromatic heterocycles. The molecule has 2 nitrogen and oxygen atoms in total. The fourth-order valence-electron chi connectivity index (χ4n) is 3.25. The van der Waals surface area contributed by atoms with Crippen molar-refractivity contribution in [3.05, 3.63) is 71.8 Å². The van der Waals surface area contributed by atoms with E-state index in [0.29, 0.717) is 11.8 Å². The first kappa shape index (κ1) is 13.3. The lowest BCUT2D eigenvalue weighted by Crippen LogP contribution is -2.23. The minimum Gasteiger partial charge on any atom is -0.330 e. The van der Waals surface area contributed by atoms with Gasteiger partial charge in [0.25, 0.3) is 0 Å². The molecule has 0 unspecified atom stereocenters. The molecule has 0 spiro atoms. The number of hydrogen-bond donors (Lipinski definition) is 1. The molecule has 0 amide bonds. The van der Waals surface area contributed by atoms with E-state index in [0.717, 1.165) is 26.2 Å². The summed E-state index contributed by atoms with van der Waals surface area (Å²) in [4.78, 5) is 2.53. The van der Waals surface area contributed by atoms with E-state index in [9.17, 15) is 0 Å². The predicted octanol–water partition coefficient (Wildman–Crippen LogP) is 2.86. The second-order valence-corrected chi connectivity index (χ2v) is 5.69. The Labute approximate surface area is 121 Å². The number of hydrogen-bond acceptors (Lipinski definition) is 2. The fourth-order valence-corrected chi connectivity index (χ4v) is 3.25. The molecule has 2 heteroatoms. The van der Waals surface area contributed by atoms with Gasteiger partial charge in [0.2, 0.25) is 0 Å². The predicted molar refractivity (Wildman–Crippen MR) is 83.4 cm³/mol. The second-order valence-electron chi connectivity index (χ2n) is 5.69. The van der Waals surface area contributed by atoms with E-state index < -0.39 is 0 Å². The third-order valence-corrected chi connectivity index (χ3v) is 4.30. The van der Waals surface area contributed by atoms with Crippen LogP contribution in [-0.2, 0) is 6.54 Å². The maximum absolute atomic E-state index is 5.99. The van der Waals surface area contributed by atoms with Gasteiger partial charge in [-0.2, -0.15) is 0 Å². The molecular formula is C18H22N2. The molecule has 0 bridgehead atoms. The maximum Gasteiger partial charge on any atom is 0.0234 e. The fraction of sp³-hybridized carbons (Fsp3) is 0.333. The molecule has 0 saturated carbocycles. The van der Waals surface area contributed by atoms with Crippen molar-refractivity contribution < 1.29 is 0 Å².